The Balaban J connectivity index is 1.79. The number of oxime groups is 1. The van der Waals surface area contributed by atoms with Crippen LogP contribution >= 0.6 is 0 Å². The predicted octanol–water partition coefficient (Wildman–Crippen LogP) is 1.50. The average Bonchev–Trinajstić information content (AvgIpc) is 3.20. The van der Waals surface area contributed by atoms with E-state index in [1.807, 2.05) is 0 Å². The van der Waals surface area contributed by atoms with Gasteiger partial charge < -0.3 is 19.8 Å². The van der Waals surface area contributed by atoms with Gasteiger partial charge in [-0.15, -0.1) is 0 Å². The molecule has 3 rings (SSSR count). The highest BCUT2D eigenvalue weighted by Gasteiger charge is 2.32. The molecule has 1 atom stereocenters. The van der Waals surface area contributed by atoms with E-state index in [4.69, 9.17) is 9.94 Å². The summed E-state index contributed by atoms with van der Waals surface area (Å²) in [4.78, 5) is 23.5. The molecular weight excluding hydrogens is 331 g/mol. The first-order valence-electron chi connectivity index (χ1n) is 7.43. The molecule has 0 saturated carbocycles. The van der Waals surface area contributed by atoms with E-state index in [0.717, 1.165) is 0 Å². The van der Waals surface area contributed by atoms with Crippen LogP contribution in [0.1, 0.15) is 5.56 Å². The molecule has 1 aromatic carbocycles. The number of nitrogens with one attached hydrogen (secondary N) is 1. The number of cyclic esters (lactones) is 1. The first-order valence-corrected chi connectivity index (χ1v) is 7.43. The smallest absolute Gasteiger partial charge is 0.414 e. The Morgan fingerprint density at radius 1 is 1.44 bits per heavy atom. The Labute approximate surface area is 142 Å². The SMILES string of the molecule is O=CNC[C@H]1CN(c2ccc(-n3ccc(/C=N/O)c3)c(F)c2)C(=O)O1. The van der Waals surface area contributed by atoms with Crippen molar-refractivity contribution in [1.82, 2.24) is 9.88 Å². The van der Waals surface area contributed by atoms with Crippen LogP contribution in [0.25, 0.3) is 5.69 Å². The molecule has 1 aromatic heterocycles. The second-order valence-electron chi connectivity index (χ2n) is 5.37. The number of ether oxygens (including phenoxy) is 1. The van der Waals surface area contributed by atoms with E-state index in [9.17, 15) is 14.0 Å². The number of nitrogens with zero attached hydrogens (tertiary/aromatic N) is 3. The average molecular weight is 346 g/mol. The Morgan fingerprint density at radius 3 is 3.00 bits per heavy atom. The summed E-state index contributed by atoms with van der Waals surface area (Å²) >= 11 is 0. The maximum absolute atomic E-state index is 14.5. The lowest BCUT2D eigenvalue weighted by Gasteiger charge is -2.14. The van der Waals surface area contributed by atoms with Crippen LogP contribution in [0.5, 0.6) is 0 Å². The molecule has 0 unspecified atom stereocenters. The first kappa shape index (κ1) is 16.5. The number of amides is 2. The molecule has 25 heavy (non-hydrogen) atoms. The van der Waals surface area contributed by atoms with Crippen molar-refractivity contribution in [3.63, 3.8) is 0 Å². The zero-order valence-electron chi connectivity index (χ0n) is 13.0. The second kappa shape index (κ2) is 7.04. The molecule has 130 valence electrons. The van der Waals surface area contributed by atoms with E-state index in [0.29, 0.717) is 17.7 Å². The summed E-state index contributed by atoms with van der Waals surface area (Å²) in [5.41, 5.74) is 1.26. The normalized spacial score (nSPS) is 17.1. The van der Waals surface area contributed by atoms with Gasteiger partial charge in [0, 0.05) is 18.0 Å². The fourth-order valence-electron chi connectivity index (χ4n) is 2.60. The maximum Gasteiger partial charge on any atom is 0.414 e. The second-order valence-corrected chi connectivity index (χ2v) is 5.37. The summed E-state index contributed by atoms with van der Waals surface area (Å²) in [6.45, 7) is 0.421. The van der Waals surface area contributed by atoms with Gasteiger partial charge in [-0.3, -0.25) is 9.69 Å². The Kier molecular flexibility index (Phi) is 4.64. The lowest BCUT2D eigenvalue weighted by atomic mass is 10.2. The van der Waals surface area contributed by atoms with Gasteiger partial charge in [0.1, 0.15) is 11.9 Å². The van der Waals surface area contributed by atoms with Crippen molar-refractivity contribution in [3.05, 3.63) is 48.0 Å². The molecule has 1 fully saturated rings. The van der Waals surface area contributed by atoms with Crippen molar-refractivity contribution in [2.45, 2.75) is 6.10 Å². The summed E-state index contributed by atoms with van der Waals surface area (Å²) < 4.78 is 21.1. The van der Waals surface area contributed by atoms with Crippen LogP contribution in [0.4, 0.5) is 14.9 Å². The molecule has 0 aliphatic carbocycles. The highest BCUT2D eigenvalue weighted by atomic mass is 19.1. The third-order valence-electron chi connectivity index (χ3n) is 3.75. The molecule has 8 nitrogen and oxygen atoms in total. The van der Waals surface area contributed by atoms with Gasteiger partial charge in [-0.25, -0.2) is 9.18 Å². The zero-order chi connectivity index (χ0) is 17.8. The third-order valence-corrected chi connectivity index (χ3v) is 3.75. The minimum absolute atomic E-state index is 0.199. The number of rotatable bonds is 6. The molecule has 1 aliphatic heterocycles. The number of aromatic nitrogens is 1. The van der Waals surface area contributed by atoms with Crippen molar-refractivity contribution in [2.24, 2.45) is 5.16 Å². The molecule has 2 amide bonds. The molecule has 1 aliphatic rings. The molecule has 0 bridgehead atoms. The van der Waals surface area contributed by atoms with Crippen molar-refractivity contribution in [3.8, 4) is 5.69 Å². The maximum atomic E-state index is 14.5. The van der Waals surface area contributed by atoms with Crippen LogP contribution in [0, 0.1) is 5.82 Å². The fourth-order valence-corrected chi connectivity index (χ4v) is 2.60. The Bertz CT molecular complexity index is 820. The topological polar surface area (TPSA) is 96.2 Å². The van der Waals surface area contributed by atoms with E-state index in [-0.39, 0.29) is 18.8 Å². The van der Waals surface area contributed by atoms with Crippen LogP contribution in [-0.2, 0) is 9.53 Å². The van der Waals surface area contributed by atoms with Crippen LogP contribution in [0.2, 0.25) is 0 Å². The van der Waals surface area contributed by atoms with E-state index in [2.05, 4.69) is 10.5 Å². The fraction of sp³-hybridized carbons (Fsp3) is 0.188. The predicted molar refractivity (Wildman–Crippen MR) is 86.8 cm³/mol. The van der Waals surface area contributed by atoms with E-state index >= 15 is 0 Å². The van der Waals surface area contributed by atoms with E-state index in [1.54, 1.807) is 24.5 Å². The first-order chi connectivity index (χ1) is 12.1. The Hall–Kier alpha value is -3.36. The molecule has 0 spiro atoms. The lowest BCUT2D eigenvalue weighted by molar-refractivity contribution is -0.109. The standard InChI is InChI=1S/C16H15FN4O4/c17-14-5-12(21-9-13(7-18-10-22)25-16(21)23)1-2-15(14)20-4-3-11(8-20)6-19-24/h1-6,8,10,13,24H,7,9H2,(H,18,22)/b19-6+/t13-/m0/s1. The molecular formula is C16H15FN4O4. The highest BCUT2D eigenvalue weighted by molar-refractivity contribution is 5.90. The van der Waals surface area contributed by atoms with E-state index < -0.39 is 18.0 Å². The number of hydrogen-bond donors (Lipinski definition) is 2. The van der Waals surface area contributed by atoms with Gasteiger partial charge >= 0.3 is 6.09 Å². The van der Waals surface area contributed by atoms with Crippen molar-refractivity contribution in [2.75, 3.05) is 18.0 Å². The molecule has 9 heteroatoms. The monoisotopic (exact) mass is 346 g/mol. The largest absolute Gasteiger partial charge is 0.442 e. The highest BCUT2D eigenvalue weighted by Crippen LogP contribution is 2.25. The van der Waals surface area contributed by atoms with Crippen LogP contribution in [0.3, 0.4) is 0 Å². The van der Waals surface area contributed by atoms with Crippen molar-refractivity contribution in [1.29, 1.82) is 0 Å². The molecule has 2 N–H and O–H groups in total. The van der Waals surface area contributed by atoms with Crippen molar-refractivity contribution >= 4 is 24.4 Å². The lowest BCUT2D eigenvalue weighted by Crippen LogP contribution is -2.30. The molecule has 2 heterocycles. The van der Waals surface area contributed by atoms with Crippen LogP contribution < -0.4 is 10.2 Å². The number of hydrogen-bond acceptors (Lipinski definition) is 5. The summed E-state index contributed by atoms with van der Waals surface area (Å²) in [6.07, 6.45) is 3.91. The van der Waals surface area contributed by atoms with Crippen LogP contribution in [-0.4, -0.2) is 47.7 Å². The molecule has 0 radical (unpaired) electrons. The third kappa shape index (κ3) is 3.44. The number of carbonyl (C=O) groups excluding carboxylic acids is 2. The van der Waals surface area contributed by atoms with Gasteiger partial charge in [0.25, 0.3) is 0 Å². The summed E-state index contributed by atoms with van der Waals surface area (Å²) in [7, 11) is 0. The molecule has 2 aromatic rings. The minimum Gasteiger partial charge on any atom is -0.442 e. The van der Waals surface area contributed by atoms with Crippen LogP contribution in [0.15, 0.2) is 41.8 Å². The van der Waals surface area contributed by atoms with Gasteiger partial charge in [-0.1, -0.05) is 5.16 Å². The van der Waals surface area contributed by atoms with Gasteiger partial charge in [0.05, 0.1) is 30.7 Å². The van der Waals surface area contributed by atoms with Gasteiger partial charge in [0.15, 0.2) is 0 Å². The van der Waals surface area contributed by atoms with Gasteiger partial charge in [-0.2, -0.15) is 0 Å². The number of halogens is 1. The zero-order valence-corrected chi connectivity index (χ0v) is 13.0. The quantitative estimate of drug-likeness (QED) is 0.358. The molecule has 1 saturated heterocycles. The van der Waals surface area contributed by atoms with Gasteiger partial charge in [-0.05, 0) is 24.3 Å². The minimum atomic E-state index is -0.591. The summed E-state index contributed by atoms with van der Waals surface area (Å²) in [5.74, 6) is -0.525. The van der Waals surface area contributed by atoms with E-state index in [1.165, 1.54) is 27.8 Å². The summed E-state index contributed by atoms with van der Waals surface area (Å²) in [6, 6.07) is 6.05. The van der Waals surface area contributed by atoms with Gasteiger partial charge in [0.2, 0.25) is 6.41 Å². The number of benzene rings is 1. The van der Waals surface area contributed by atoms with Crippen molar-refractivity contribution < 1.29 is 23.9 Å². The number of anilines is 1. The Morgan fingerprint density at radius 2 is 2.28 bits per heavy atom. The number of carbonyl (C=O) groups is 2. The summed E-state index contributed by atoms with van der Waals surface area (Å²) in [5, 5.41) is 13.9.